The van der Waals surface area contributed by atoms with Crippen molar-refractivity contribution in [3.63, 3.8) is 0 Å². The van der Waals surface area contributed by atoms with Crippen LogP contribution in [0.15, 0.2) is 47.4 Å². The maximum absolute atomic E-state index is 12.4. The zero-order chi connectivity index (χ0) is 17.9. The molecule has 0 saturated heterocycles. The summed E-state index contributed by atoms with van der Waals surface area (Å²) in [5.41, 5.74) is 1.55. The molecule has 0 saturated carbocycles. The lowest BCUT2D eigenvalue weighted by molar-refractivity contribution is 0.0824. The van der Waals surface area contributed by atoms with Gasteiger partial charge in [0.2, 0.25) is 0 Å². The highest BCUT2D eigenvalue weighted by Crippen LogP contribution is 2.25. The van der Waals surface area contributed by atoms with E-state index in [2.05, 4.69) is 4.72 Å². The summed E-state index contributed by atoms with van der Waals surface area (Å²) in [5, 5.41) is 0. The second-order valence-corrected chi connectivity index (χ2v) is 7.22. The van der Waals surface area contributed by atoms with Crippen molar-refractivity contribution in [3.05, 3.63) is 53.6 Å². The normalized spacial score (nSPS) is 11.0. The molecule has 7 heteroatoms. The number of aryl methyl sites for hydroxylation is 1. The number of benzene rings is 2. The molecule has 0 bridgehead atoms. The third-order valence-electron chi connectivity index (χ3n) is 3.42. The van der Waals surface area contributed by atoms with Crippen LogP contribution in [0.25, 0.3) is 0 Å². The Kier molecular flexibility index (Phi) is 5.14. The molecule has 0 spiro atoms. The molecular weight excluding hydrogens is 328 g/mol. The van der Waals surface area contributed by atoms with Crippen LogP contribution in [-0.2, 0) is 10.0 Å². The average Bonchev–Trinajstić information content (AvgIpc) is 2.54. The van der Waals surface area contributed by atoms with E-state index in [4.69, 9.17) is 4.74 Å². The summed E-state index contributed by atoms with van der Waals surface area (Å²) in [5.74, 6) is 0.107. The summed E-state index contributed by atoms with van der Waals surface area (Å²) < 4.78 is 32.5. The van der Waals surface area contributed by atoms with Gasteiger partial charge in [-0.05, 0) is 37.3 Å². The zero-order valence-electron chi connectivity index (χ0n) is 14.0. The maximum Gasteiger partial charge on any atom is 0.261 e. The number of sulfonamides is 1. The van der Waals surface area contributed by atoms with Crippen LogP contribution in [0.2, 0.25) is 0 Å². The lowest BCUT2D eigenvalue weighted by Crippen LogP contribution is -2.22. The molecule has 6 nitrogen and oxygen atoms in total. The van der Waals surface area contributed by atoms with Gasteiger partial charge in [-0.25, -0.2) is 8.42 Å². The Morgan fingerprint density at radius 2 is 1.71 bits per heavy atom. The van der Waals surface area contributed by atoms with Crippen molar-refractivity contribution in [2.24, 2.45) is 0 Å². The summed E-state index contributed by atoms with van der Waals surface area (Å²) >= 11 is 0. The van der Waals surface area contributed by atoms with Crippen LogP contribution in [0, 0.1) is 6.92 Å². The second kappa shape index (κ2) is 6.92. The molecule has 0 aliphatic carbocycles. The molecule has 0 atom stereocenters. The minimum absolute atomic E-state index is 0.157. The minimum atomic E-state index is -3.73. The Morgan fingerprint density at radius 1 is 1.08 bits per heavy atom. The van der Waals surface area contributed by atoms with Crippen LogP contribution in [-0.4, -0.2) is 40.4 Å². The SMILES string of the molecule is COc1ccc(NS(=O)(=O)c2ccc(C)cc2)cc1C(=O)N(C)C. The predicted octanol–water partition coefficient (Wildman–Crippen LogP) is 2.51. The molecule has 1 amide bonds. The van der Waals surface area contributed by atoms with Gasteiger partial charge in [-0.3, -0.25) is 9.52 Å². The highest BCUT2D eigenvalue weighted by atomic mass is 32.2. The van der Waals surface area contributed by atoms with Gasteiger partial charge in [-0.1, -0.05) is 17.7 Å². The van der Waals surface area contributed by atoms with Crippen molar-refractivity contribution in [1.82, 2.24) is 4.90 Å². The number of rotatable bonds is 5. The van der Waals surface area contributed by atoms with Gasteiger partial charge in [0.25, 0.3) is 15.9 Å². The van der Waals surface area contributed by atoms with E-state index in [1.807, 2.05) is 6.92 Å². The lowest BCUT2D eigenvalue weighted by Gasteiger charge is -2.15. The topological polar surface area (TPSA) is 75.7 Å². The number of ether oxygens (including phenoxy) is 1. The summed E-state index contributed by atoms with van der Waals surface area (Å²) in [4.78, 5) is 13.8. The zero-order valence-corrected chi connectivity index (χ0v) is 14.8. The highest BCUT2D eigenvalue weighted by molar-refractivity contribution is 7.92. The molecular formula is C17H20N2O4S. The summed E-state index contributed by atoms with van der Waals surface area (Å²) in [7, 11) is 0.960. The molecule has 2 rings (SSSR count). The van der Waals surface area contributed by atoms with Gasteiger partial charge in [-0.15, -0.1) is 0 Å². The minimum Gasteiger partial charge on any atom is -0.496 e. The molecule has 2 aromatic rings. The Morgan fingerprint density at radius 3 is 2.25 bits per heavy atom. The van der Waals surface area contributed by atoms with Crippen molar-refractivity contribution >= 4 is 21.6 Å². The lowest BCUT2D eigenvalue weighted by atomic mass is 10.1. The predicted molar refractivity (Wildman–Crippen MR) is 93.0 cm³/mol. The first-order chi connectivity index (χ1) is 11.2. The molecule has 0 radical (unpaired) electrons. The smallest absolute Gasteiger partial charge is 0.261 e. The Bertz CT molecular complexity index is 843. The maximum atomic E-state index is 12.4. The van der Waals surface area contributed by atoms with Gasteiger partial charge in [0.05, 0.1) is 17.6 Å². The van der Waals surface area contributed by atoms with Crippen LogP contribution in [0.1, 0.15) is 15.9 Å². The first-order valence-corrected chi connectivity index (χ1v) is 8.72. The second-order valence-electron chi connectivity index (χ2n) is 5.53. The summed E-state index contributed by atoms with van der Waals surface area (Å²) in [6.45, 7) is 1.88. The quantitative estimate of drug-likeness (QED) is 0.901. The highest BCUT2D eigenvalue weighted by Gasteiger charge is 2.18. The first-order valence-electron chi connectivity index (χ1n) is 7.24. The molecule has 0 heterocycles. The van der Waals surface area contributed by atoms with Crippen molar-refractivity contribution in [3.8, 4) is 5.75 Å². The Balaban J connectivity index is 2.37. The Labute approximate surface area is 142 Å². The fourth-order valence-electron chi connectivity index (χ4n) is 2.11. The van der Waals surface area contributed by atoms with E-state index >= 15 is 0 Å². The largest absolute Gasteiger partial charge is 0.496 e. The first kappa shape index (κ1) is 17.8. The molecule has 128 valence electrons. The number of hydrogen-bond acceptors (Lipinski definition) is 4. The van der Waals surface area contributed by atoms with E-state index < -0.39 is 10.0 Å². The number of nitrogens with zero attached hydrogens (tertiary/aromatic N) is 1. The van der Waals surface area contributed by atoms with Gasteiger partial charge in [0, 0.05) is 19.8 Å². The van der Waals surface area contributed by atoms with E-state index in [0.717, 1.165) is 5.56 Å². The average molecular weight is 348 g/mol. The van der Waals surface area contributed by atoms with Gasteiger partial charge < -0.3 is 9.64 Å². The van der Waals surface area contributed by atoms with Gasteiger partial charge in [0.15, 0.2) is 0 Å². The number of nitrogens with one attached hydrogen (secondary N) is 1. The molecule has 2 aromatic carbocycles. The molecule has 0 fully saturated rings. The number of hydrogen-bond donors (Lipinski definition) is 1. The van der Waals surface area contributed by atoms with Crippen LogP contribution in [0.4, 0.5) is 5.69 Å². The molecule has 0 unspecified atom stereocenters. The van der Waals surface area contributed by atoms with Crippen LogP contribution in [0.3, 0.4) is 0 Å². The van der Waals surface area contributed by atoms with Gasteiger partial charge >= 0.3 is 0 Å². The third-order valence-corrected chi connectivity index (χ3v) is 4.82. The number of methoxy groups -OCH3 is 1. The van der Waals surface area contributed by atoms with Crippen LogP contribution >= 0.6 is 0 Å². The fourth-order valence-corrected chi connectivity index (χ4v) is 3.16. The molecule has 0 aromatic heterocycles. The van der Waals surface area contributed by atoms with E-state index in [9.17, 15) is 13.2 Å². The summed E-state index contributed by atoms with van der Waals surface area (Å²) in [6, 6.07) is 11.1. The standard InChI is InChI=1S/C17H20N2O4S/c1-12-5-8-14(9-6-12)24(21,22)18-13-7-10-16(23-4)15(11-13)17(20)19(2)3/h5-11,18H,1-4H3. The number of amides is 1. The Hall–Kier alpha value is -2.54. The number of anilines is 1. The molecule has 24 heavy (non-hydrogen) atoms. The van der Waals surface area contributed by atoms with E-state index in [0.29, 0.717) is 11.4 Å². The fraction of sp³-hybridized carbons (Fsp3) is 0.235. The number of carbonyl (C=O) groups is 1. The van der Waals surface area contributed by atoms with Crippen LogP contribution in [0.5, 0.6) is 5.75 Å². The van der Waals surface area contributed by atoms with Crippen molar-refractivity contribution < 1.29 is 17.9 Å². The van der Waals surface area contributed by atoms with Crippen LogP contribution < -0.4 is 9.46 Å². The van der Waals surface area contributed by atoms with E-state index in [1.54, 1.807) is 38.4 Å². The third kappa shape index (κ3) is 3.86. The molecule has 0 aliphatic rings. The van der Waals surface area contributed by atoms with Gasteiger partial charge in [0.1, 0.15) is 5.75 Å². The van der Waals surface area contributed by atoms with Crippen molar-refractivity contribution in [1.29, 1.82) is 0 Å². The van der Waals surface area contributed by atoms with Crippen molar-refractivity contribution in [2.75, 3.05) is 25.9 Å². The van der Waals surface area contributed by atoms with Gasteiger partial charge in [-0.2, -0.15) is 0 Å². The molecule has 1 N–H and O–H groups in total. The van der Waals surface area contributed by atoms with E-state index in [1.165, 1.54) is 30.2 Å². The van der Waals surface area contributed by atoms with E-state index in [-0.39, 0.29) is 16.4 Å². The summed E-state index contributed by atoms with van der Waals surface area (Å²) in [6.07, 6.45) is 0. The number of carbonyl (C=O) groups excluding carboxylic acids is 1. The van der Waals surface area contributed by atoms with Crippen molar-refractivity contribution in [2.45, 2.75) is 11.8 Å². The molecule has 0 aliphatic heterocycles. The monoisotopic (exact) mass is 348 g/mol.